The molecule has 0 radical (unpaired) electrons. The van der Waals surface area contributed by atoms with Crippen molar-refractivity contribution >= 4 is 33.5 Å². The van der Waals surface area contributed by atoms with Gasteiger partial charge in [0.05, 0.1) is 5.56 Å². The highest BCUT2D eigenvalue weighted by atomic mass is 79.9. The summed E-state index contributed by atoms with van der Waals surface area (Å²) < 4.78 is 27.9. The molecule has 1 N–H and O–H groups in total. The second-order valence-corrected chi connectivity index (χ2v) is 5.43. The summed E-state index contributed by atoms with van der Waals surface area (Å²) in [5, 5.41) is 9.39. The topological polar surface area (TPSA) is 37.3 Å². The van der Waals surface area contributed by atoms with E-state index in [0.717, 1.165) is 16.6 Å². The number of rotatable bonds is 3. The summed E-state index contributed by atoms with van der Waals surface area (Å²) in [5.41, 5.74) is 0.0199. The largest absolute Gasteiger partial charge is 0.478 e. The molecule has 104 valence electrons. The Balaban J connectivity index is 2.52. The van der Waals surface area contributed by atoms with Crippen LogP contribution in [0.15, 0.2) is 34.8 Å². The summed E-state index contributed by atoms with van der Waals surface area (Å²) in [7, 11) is 0. The first-order valence-corrected chi connectivity index (χ1v) is 6.71. The fourth-order valence-corrected chi connectivity index (χ4v) is 2.56. The molecule has 6 heteroatoms. The third-order valence-electron chi connectivity index (χ3n) is 2.81. The highest BCUT2D eigenvalue weighted by Gasteiger charge is 2.19. The van der Waals surface area contributed by atoms with Gasteiger partial charge in [0, 0.05) is 21.5 Å². The lowest BCUT2D eigenvalue weighted by Gasteiger charge is -2.10. The Bertz CT molecular complexity index is 689. The van der Waals surface area contributed by atoms with Crippen molar-refractivity contribution in [1.82, 2.24) is 0 Å². The predicted molar refractivity (Wildman–Crippen MR) is 75.3 cm³/mol. The molecule has 0 saturated carbocycles. The smallest absolute Gasteiger partial charge is 0.336 e. The van der Waals surface area contributed by atoms with Crippen LogP contribution in [-0.2, 0) is 6.42 Å². The molecule has 0 unspecified atom stereocenters. The van der Waals surface area contributed by atoms with Crippen molar-refractivity contribution < 1.29 is 18.7 Å². The van der Waals surface area contributed by atoms with Gasteiger partial charge in [-0.05, 0) is 29.8 Å². The standard InChI is InChI=1S/C14H8BrClF2O2/c15-8-2-1-7(11(16)6-8)5-10-9(14(19)20)3-4-12(17)13(10)18/h1-4,6H,5H2,(H,19,20). The van der Waals surface area contributed by atoms with Crippen molar-refractivity contribution in [3.05, 3.63) is 68.2 Å². The monoisotopic (exact) mass is 360 g/mol. The lowest BCUT2D eigenvalue weighted by atomic mass is 9.99. The molecular formula is C14H8BrClF2O2. The highest BCUT2D eigenvalue weighted by molar-refractivity contribution is 9.10. The van der Waals surface area contributed by atoms with Crippen LogP contribution in [-0.4, -0.2) is 11.1 Å². The minimum atomic E-state index is -1.31. The number of carbonyl (C=O) groups is 1. The van der Waals surface area contributed by atoms with Gasteiger partial charge < -0.3 is 5.11 Å². The minimum absolute atomic E-state index is 0.0999. The summed E-state index contributed by atoms with van der Waals surface area (Å²) in [4.78, 5) is 11.1. The third-order valence-corrected chi connectivity index (χ3v) is 3.65. The van der Waals surface area contributed by atoms with E-state index in [-0.39, 0.29) is 17.5 Å². The summed E-state index contributed by atoms with van der Waals surface area (Å²) in [6.45, 7) is 0. The zero-order valence-electron chi connectivity index (χ0n) is 9.96. The molecule has 0 fully saturated rings. The van der Waals surface area contributed by atoms with Crippen LogP contribution in [0.1, 0.15) is 21.5 Å². The van der Waals surface area contributed by atoms with E-state index in [1.165, 1.54) is 0 Å². The first-order chi connectivity index (χ1) is 9.40. The number of carboxylic acid groups (broad SMARTS) is 1. The minimum Gasteiger partial charge on any atom is -0.478 e. The van der Waals surface area contributed by atoms with E-state index in [1.54, 1.807) is 18.2 Å². The number of aromatic carboxylic acids is 1. The Kier molecular flexibility index (Phi) is 4.40. The molecule has 0 aliphatic heterocycles. The first-order valence-electron chi connectivity index (χ1n) is 5.54. The molecule has 0 aromatic heterocycles. The summed E-state index contributed by atoms with van der Waals surface area (Å²) in [6.07, 6.45) is -0.0999. The Labute approximate surface area is 127 Å². The van der Waals surface area contributed by atoms with Gasteiger partial charge in [0.15, 0.2) is 11.6 Å². The van der Waals surface area contributed by atoms with Crippen molar-refractivity contribution in [2.24, 2.45) is 0 Å². The van der Waals surface area contributed by atoms with Crippen molar-refractivity contribution in [2.75, 3.05) is 0 Å². The first kappa shape index (κ1) is 14.9. The highest BCUT2D eigenvalue weighted by Crippen LogP contribution is 2.27. The molecule has 2 rings (SSSR count). The van der Waals surface area contributed by atoms with Crippen LogP contribution in [0.5, 0.6) is 0 Å². The van der Waals surface area contributed by atoms with Crippen LogP contribution in [0.25, 0.3) is 0 Å². The fraction of sp³-hybridized carbons (Fsp3) is 0.0714. The van der Waals surface area contributed by atoms with E-state index in [1.807, 2.05) is 0 Å². The van der Waals surface area contributed by atoms with E-state index >= 15 is 0 Å². The van der Waals surface area contributed by atoms with Gasteiger partial charge in [-0.2, -0.15) is 0 Å². The lowest BCUT2D eigenvalue weighted by molar-refractivity contribution is 0.0695. The maximum atomic E-state index is 13.8. The van der Waals surface area contributed by atoms with Crippen LogP contribution < -0.4 is 0 Å². The normalized spacial score (nSPS) is 10.6. The van der Waals surface area contributed by atoms with E-state index < -0.39 is 17.6 Å². The van der Waals surface area contributed by atoms with Gasteiger partial charge in [-0.1, -0.05) is 33.6 Å². The molecule has 2 nitrogen and oxygen atoms in total. The second kappa shape index (κ2) is 5.89. The molecule has 0 spiro atoms. The van der Waals surface area contributed by atoms with Crippen LogP contribution >= 0.6 is 27.5 Å². The summed E-state index contributed by atoms with van der Waals surface area (Å²) in [6, 6.07) is 6.77. The van der Waals surface area contributed by atoms with E-state index in [4.69, 9.17) is 16.7 Å². The maximum Gasteiger partial charge on any atom is 0.336 e. The fourth-order valence-electron chi connectivity index (χ4n) is 1.82. The van der Waals surface area contributed by atoms with Gasteiger partial charge in [0.2, 0.25) is 0 Å². The quantitative estimate of drug-likeness (QED) is 0.862. The number of hydrogen-bond acceptors (Lipinski definition) is 1. The van der Waals surface area contributed by atoms with Gasteiger partial charge >= 0.3 is 5.97 Å². The average Bonchev–Trinajstić information content (AvgIpc) is 2.37. The average molecular weight is 362 g/mol. The molecule has 0 amide bonds. The third kappa shape index (κ3) is 2.99. The van der Waals surface area contributed by atoms with Crippen molar-refractivity contribution in [3.63, 3.8) is 0 Å². The Morgan fingerprint density at radius 2 is 1.95 bits per heavy atom. The number of carboxylic acids is 1. The molecular weight excluding hydrogens is 354 g/mol. The van der Waals surface area contributed by atoms with E-state index in [2.05, 4.69) is 15.9 Å². The molecule has 0 atom stereocenters. The van der Waals surface area contributed by atoms with Gasteiger partial charge in [-0.25, -0.2) is 13.6 Å². The van der Waals surface area contributed by atoms with Crippen LogP contribution in [0.4, 0.5) is 8.78 Å². The zero-order valence-corrected chi connectivity index (χ0v) is 12.3. The zero-order chi connectivity index (χ0) is 14.9. The Morgan fingerprint density at radius 1 is 1.25 bits per heavy atom. The van der Waals surface area contributed by atoms with Crippen LogP contribution in [0, 0.1) is 11.6 Å². The van der Waals surface area contributed by atoms with Gasteiger partial charge in [-0.3, -0.25) is 0 Å². The second-order valence-electron chi connectivity index (χ2n) is 4.11. The maximum absolute atomic E-state index is 13.8. The molecule has 2 aromatic carbocycles. The van der Waals surface area contributed by atoms with E-state index in [0.29, 0.717) is 10.6 Å². The van der Waals surface area contributed by atoms with Crippen molar-refractivity contribution in [3.8, 4) is 0 Å². The molecule has 0 aliphatic rings. The molecule has 0 saturated heterocycles. The summed E-state index contributed by atoms with van der Waals surface area (Å²) >= 11 is 9.24. The van der Waals surface area contributed by atoms with Gasteiger partial charge in [0.25, 0.3) is 0 Å². The molecule has 0 heterocycles. The molecule has 0 aliphatic carbocycles. The number of benzene rings is 2. The SMILES string of the molecule is O=C(O)c1ccc(F)c(F)c1Cc1ccc(Br)cc1Cl. The van der Waals surface area contributed by atoms with Crippen LogP contribution in [0.2, 0.25) is 5.02 Å². The lowest BCUT2D eigenvalue weighted by Crippen LogP contribution is -2.07. The number of hydrogen-bond donors (Lipinski definition) is 1. The Morgan fingerprint density at radius 3 is 2.55 bits per heavy atom. The molecule has 2 aromatic rings. The van der Waals surface area contributed by atoms with Crippen molar-refractivity contribution in [2.45, 2.75) is 6.42 Å². The van der Waals surface area contributed by atoms with E-state index in [9.17, 15) is 13.6 Å². The van der Waals surface area contributed by atoms with Crippen molar-refractivity contribution in [1.29, 1.82) is 0 Å². The summed E-state index contributed by atoms with van der Waals surface area (Å²) in [5.74, 6) is -3.56. The Hall–Kier alpha value is -1.46. The van der Waals surface area contributed by atoms with Gasteiger partial charge in [0.1, 0.15) is 0 Å². The number of halogens is 4. The van der Waals surface area contributed by atoms with Crippen LogP contribution in [0.3, 0.4) is 0 Å². The molecule has 20 heavy (non-hydrogen) atoms. The van der Waals surface area contributed by atoms with Gasteiger partial charge in [-0.15, -0.1) is 0 Å². The molecule has 0 bridgehead atoms. The predicted octanol–water partition coefficient (Wildman–Crippen LogP) is 4.67.